The highest BCUT2D eigenvalue weighted by Crippen LogP contribution is 2.17. The molecule has 1 aliphatic rings. The van der Waals surface area contributed by atoms with Gasteiger partial charge in [0.15, 0.2) is 5.11 Å². The predicted octanol–water partition coefficient (Wildman–Crippen LogP) is 1.71. The second-order valence-corrected chi connectivity index (χ2v) is 4.65. The van der Waals surface area contributed by atoms with Gasteiger partial charge in [0.2, 0.25) is 0 Å². The van der Waals surface area contributed by atoms with Crippen LogP contribution in [0.5, 0.6) is 0 Å². The number of imidazole rings is 1. The van der Waals surface area contributed by atoms with Gasteiger partial charge in [-0.2, -0.15) is 0 Å². The topological polar surface area (TPSA) is 52.7 Å². The largest absolute Gasteiger partial charge is 0.360 e. The van der Waals surface area contributed by atoms with Gasteiger partial charge in [0, 0.05) is 12.2 Å². The molecule has 0 saturated heterocycles. The lowest BCUT2D eigenvalue weighted by atomic mass is 9.96. The molecule has 1 heterocycles. The third-order valence-electron chi connectivity index (χ3n) is 2.93. The van der Waals surface area contributed by atoms with Crippen LogP contribution < -0.4 is 10.6 Å². The second-order valence-electron chi connectivity index (χ2n) is 4.24. The SMILES string of the molecule is S=C(NCc1cnc[nH]1)NC1CCCCC1. The molecule has 0 aliphatic heterocycles. The lowest BCUT2D eigenvalue weighted by Crippen LogP contribution is -2.42. The van der Waals surface area contributed by atoms with Crippen molar-refractivity contribution in [2.24, 2.45) is 0 Å². The minimum Gasteiger partial charge on any atom is -0.360 e. The van der Waals surface area contributed by atoms with E-state index < -0.39 is 0 Å². The molecule has 5 heteroatoms. The summed E-state index contributed by atoms with van der Waals surface area (Å²) in [6.07, 6.45) is 9.97. The molecule has 1 saturated carbocycles. The van der Waals surface area contributed by atoms with Gasteiger partial charge in [0.1, 0.15) is 0 Å². The number of aromatic nitrogens is 2. The smallest absolute Gasteiger partial charge is 0.166 e. The summed E-state index contributed by atoms with van der Waals surface area (Å²) >= 11 is 5.25. The average Bonchev–Trinajstić information content (AvgIpc) is 2.81. The first-order valence-corrected chi connectivity index (χ1v) is 6.27. The van der Waals surface area contributed by atoms with Crippen molar-refractivity contribution in [2.75, 3.05) is 0 Å². The van der Waals surface area contributed by atoms with Gasteiger partial charge in [0.25, 0.3) is 0 Å². The summed E-state index contributed by atoms with van der Waals surface area (Å²) in [6, 6.07) is 0.565. The van der Waals surface area contributed by atoms with Crippen LogP contribution in [0.2, 0.25) is 0 Å². The minimum absolute atomic E-state index is 0.565. The Bertz CT molecular complexity index is 317. The molecule has 2 rings (SSSR count). The van der Waals surface area contributed by atoms with Crippen LogP contribution >= 0.6 is 12.2 Å². The number of aromatic amines is 1. The summed E-state index contributed by atoms with van der Waals surface area (Å²) in [5.41, 5.74) is 1.05. The van der Waals surface area contributed by atoms with Gasteiger partial charge in [-0.15, -0.1) is 0 Å². The summed E-state index contributed by atoms with van der Waals surface area (Å²) in [7, 11) is 0. The van der Waals surface area contributed by atoms with Crippen LogP contribution in [0.3, 0.4) is 0 Å². The van der Waals surface area contributed by atoms with E-state index in [1.54, 1.807) is 12.5 Å². The highest BCUT2D eigenvalue weighted by atomic mass is 32.1. The van der Waals surface area contributed by atoms with E-state index >= 15 is 0 Å². The molecule has 16 heavy (non-hydrogen) atoms. The summed E-state index contributed by atoms with van der Waals surface area (Å²) in [5.74, 6) is 0. The van der Waals surface area contributed by atoms with Crippen molar-refractivity contribution in [1.29, 1.82) is 0 Å². The van der Waals surface area contributed by atoms with E-state index in [2.05, 4.69) is 20.6 Å². The van der Waals surface area contributed by atoms with Crippen molar-refractivity contribution in [3.63, 3.8) is 0 Å². The molecule has 0 atom stereocenters. The third kappa shape index (κ3) is 3.48. The Morgan fingerprint density at radius 3 is 2.94 bits per heavy atom. The fourth-order valence-corrected chi connectivity index (χ4v) is 2.28. The Morgan fingerprint density at radius 2 is 2.25 bits per heavy atom. The summed E-state index contributed by atoms with van der Waals surface area (Å²) in [6.45, 7) is 0.707. The van der Waals surface area contributed by atoms with Gasteiger partial charge in [0.05, 0.1) is 18.6 Å². The first-order valence-electron chi connectivity index (χ1n) is 5.86. The maximum atomic E-state index is 5.25. The molecular formula is C11H18N4S. The maximum absolute atomic E-state index is 5.25. The monoisotopic (exact) mass is 238 g/mol. The number of hydrogen-bond acceptors (Lipinski definition) is 2. The number of thiocarbonyl (C=S) groups is 1. The molecule has 0 bridgehead atoms. The summed E-state index contributed by atoms with van der Waals surface area (Å²) in [5, 5.41) is 7.30. The molecule has 1 aliphatic carbocycles. The minimum atomic E-state index is 0.565. The van der Waals surface area contributed by atoms with Gasteiger partial charge >= 0.3 is 0 Å². The molecule has 0 unspecified atom stereocenters. The highest BCUT2D eigenvalue weighted by molar-refractivity contribution is 7.80. The Balaban J connectivity index is 1.67. The van der Waals surface area contributed by atoms with E-state index in [0.717, 1.165) is 10.8 Å². The summed E-state index contributed by atoms with van der Waals surface area (Å²) < 4.78 is 0. The fraction of sp³-hybridized carbons (Fsp3) is 0.636. The Hall–Kier alpha value is -1.10. The van der Waals surface area contributed by atoms with E-state index in [0.29, 0.717) is 12.6 Å². The van der Waals surface area contributed by atoms with Crippen molar-refractivity contribution >= 4 is 17.3 Å². The van der Waals surface area contributed by atoms with E-state index in [1.807, 2.05) is 0 Å². The zero-order chi connectivity index (χ0) is 11.2. The number of hydrogen-bond donors (Lipinski definition) is 3. The van der Waals surface area contributed by atoms with E-state index in [4.69, 9.17) is 12.2 Å². The quantitative estimate of drug-likeness (QED) is 0.702. The Labute approximate surface area is 101 Å². The van der Waals surface area contributed by atoms with Gasteiger partial charge in [-0.05, 0) is 25.1 Å². The van der Waals surface area contributed by atoms with Crippen molar-refractivity contribution in [3.05, 3.63) is 18.2 Å². The van der Waals surface area contributed by atoms with E-state index in [1.165, 1.54) is 32.1 Å². The predicted molar refractivity (Wildman–Crippen MR) is 68.0 cm³/mol. The number of nitrogens with one attached hydrogen (secondary N) is 3. The van der Waals surface area contributed by atoms with Gasteiger partial charge in [-0.3, -0.25) is 0 Å². The molecule has 4 nitrogen and oxygen atoms in total. The van der Waals surface area contributed by atoms with Crippen LogP contribution in [-0.4, -0.2) is 21.1 Å². The van der Waals surface area contributed by atoms with E-state index in [9.17, 15) is 0 Å². The summed E-state index contributed by atoms with van der Waals surface area (Å²) in [4.78, 5) is 6.99. The third-order valence-corrected chi connectivity index (χ3v) is 3.20. The van der Waals surface area contributed by atoms with Gasteiger partial charge in [-0.25, -0.2) is 4.98 Å². The van der Waals surface area contributed by atoms with Crippen molar-refractivity contribution in [3.8, 4) is 0 Å². The fourth-order valence-electron chi connectivity index (χ4n) is 2.04. The zero-order valence-corrected chi connectivity index (χ0v) is 10.1. The molecule has 1 fully saturated rings. The molecule has 0 radical (unpaired) electrons. The first-order chi connectivity index (χ1) is 7.84. The lowest BCUT2D eigenvalue weighted by Gasteiger charge is -2.24. The van der Waals surface area contributed by atoms with Crippen LogP contribution in [0.4, 0.5) is 0 Å². The van der Waals surface area contributed by atoms with Crippen LogP contribution in [-0.2, 0) is 6.54 Å². The molecule has 1 aromatic heterocycles. The molecule has 3 N–H and O–H groups in total. The van der Waals surface area contributed by atoms with Crippen molar-refractivity contribution < 1.29 is 0 Å². The normalized spacial score (nSPS) is 17.0. The first kappa shape index (κ1) is 11.4. The number of nitrogens with zero attached hydrogens (tertiary/aromatic N) is 1. The standard InChI is InChI=1S/C11H18N4S/c16-11(13-7-10-6-12-8-14-10)15-9-4-2-1-3-5-9/h6,8-9H,1-5,7H2,(H,12,14)(H2,13,15,16). The van der Waals surface area contributed by atoms with Crippen LogP contribution in [0.25, 0.3) is 0 Å². The number of rotatable bonds is 3. The number of H-pyrrole nitrogens is 1. The Morgan fingerprint density at radius 1 is 1.44 bits per heavy atom. The lowest BCUT2D eigenvalue weighted by molar-refractivity contribution is 0.412. The molecule has 0 aromatic carbocycles. The molecule has 88 valence electrons. The van der Waals surface area contributed by atoms with Crippen LogP contribution in [0, 0.1) is 0 Å². The average molecular weight is 238 g/mol. The molecule has 0 spiro atoms. The molecular weight excluding hydrogens is 220 g/mol. The molecule has 0 amide bonds. The maximum Gasteiger partial charge on any atom is 0.166 e. The van der Waals surface area contributed by atoms with E-state index in [-0.39, 0.29) is 0 Å². The van der Waals surface area contributed by atoms with Gasteiger partial charge in [-0.1, -0.05) is 19.3 Å². The zero-order valence-electron chi connectivity index (χ0n) is 9.33. The Kier molecular flexibility index (Phi) is 4.16. The van der Waals surface area contributed by atoms with Gasteiger partial charge < -0.3 is 15.6 Å². The van der Waals surface area contributed by atoms with Crippen LogP contribution in [0.15, 0.2) is 12.5 Å². The van der Waals surface area contributed by atoms with Crippen LogP contribution in [0.1, 0.15) is 37.8 Å². The second kappa shape index (κ2) is 5.84. The van der Waals surface area contributed by atoms with Crippen molar-refractivity contribution in [1.82, 2.24) is 20.6 Å². The highest BCUT2D eigenvalue weighted by Gasteiger charge is 2.13. The molecule has 1 aromatic rings. The van der Waals surface area contributed by atoms with Crippen molar-refractivity contribution in [2.45, 2.75) is 44.7 Å².